The molecule has 2 aromatic carbocycles. The second-order valence-electron chi connectivity index (χ2n) is 4.74. The van der Waals surface area contributed by atoms with Crippen molar-refractivity contribution < 1.29 is 0 Å². The molecule has 3 rings (SSSR count). The molecule has 0 saturated heterocycles. The van der Waals surface area contributed by atoms with E-state index >= 15 is 0 Å². The zero-order chi connectivity index (χ0) is 13.4. The fourth-order valence-electron chi connectivity index (χ4n) is 2.55. The predicted molar refractivity (Wildman–Crippen MR) is 79.4 cm³/mol. The molecule has 0 atom stereocenters. The maximum Gasteiger partial charge on any atom is 0.258 e. The Kier molecular flexibility index (Phi) is 2.71. The molecule has 0 aliphatic rings. The Bertz CT molecular complexity index is 801. The first-order valence-electron chi connectivity index (χ1n) is 6.34. The number of hydrogen-bond acceptors (Lipinski definition) is 1. The van der Waals surface area contributed by atoms with Crippen LogP contribution in [0.3, 0.4) is 0 Å². The second-order valence-corrected chi connectivity index (χ2v) is 4.74. The predicted octanol–water partition coefficient (Wildman–Crippen LogP) is 3.51. The smallest absolute Gasteiger partial charge is 0.258 e. The standard InChI is InChI=1S/C17H15NO/c1-12-16(13-8-4-3-5-9-13)14-10-6-7-11-15(14)17(19)18(12)2/h3-11H,1-2H3. The Hall–Kier alpha value is -2.35. The highest BCUT2D eigenvalue weighted by Crippen LogP contribution is 2.29. The molecule has 2 nitrogen and oxygen atoms in total. The van der Waals surface area contributed by atoms with Crippen molar-refractivity contribution in [3.8, 4) is 11.1 Å². The van der Waals surface area contributed by atoms with Gasteiger partial charge >= 0.3 is 0 Å². The molecular weight excluding hydrogens is 234 g/mol. The summed E-state index contributed by atoms with van der Waals surface area (Å²) in [4.78, 5) is 12.3. The van der Waals surface area contributed by atoms with Crippen LogP contribution in [0.5, 0.6) is 0 Å². The minimum atomic E-state index is 0.0628. The molecular formula is C17H15NO. The third kappa shape index (κ3) is 1.76. The quantitative estimate of drug-likeness (QED) is 0.647. The Morgan fingerprint density at radius 1 is 0.842 bits per heavy atom. The summed E-state index contributed by atoms with van der Waals surface area (Å²) in [6.07, 6.45) is 0. The van der Waals surface area contributed by atoms with Gasteiger partial charge in [-0.3, -0.25) is 4.79 Å². The summed E-state index contributed by atoms with van der Waals surface area (Å²) in [5.74, 6) is 0. The first-order valence-corrected chi connectivity index (χ1v) is 6.34. The molecule has 2 heteroatoms. The van der Waals surface area contributed by atoms with Crippen LogP contribution in [-0.2, 0) is 7.05 Å². The van der Waals surface area contributed by atoms with Crippen molar-refractivity contribution in [2.24, 2.45) is 7.05 Å². The van der Waals surface area contributed by atoms with Gasteiger partial charge in [-0.05, 0) is 23.9 Å². The Morgan fingerprint density at radius 2 is 1.42 bits per heavy atom. The first-order chi connectivity index (χ1) is 9.20. The monoisotopic (exact) mass is 249 g/mol. The van der Waals surface area contributed by atoms with Gasteiger partial charge in [-0.25, -0.2) is 0 Å². The molecule has 94 valence electrons. The van der Waals surface area contributed by atoms with Gasteiger partial charge in [-0.15, -0.1) is 0 Å². The van der Waals surface area contributed by atoms with Gasteiger partial charge in [0.15, 0.2) is 0 Å². The molecule has 3 aromatic rings. The Balaban J connectivity index is 2.52. The van der Waals surface area contributed by atoms with Crippen LogP contribution in [0.1, 0.15) is 5.69 Å². The largest absolute Gasteiger partial charge is 0.315 e. The minimum Gasteiger partial charge on any atom is -0.315 e. The second kappa shape index (κ2) is 4.39. The molecule has 0 unspecified atom stereocenters. The van der Waals surface area contributed by atoms with Gasteiger partial charge in [0.2, 0.25) is 0 Å². The van der Waals surface area contributed by atoms with E-state index in [1.54, 1.807) is 4.57 Å². The molecule has 1 aromatic heterocycles. The minimum absolute atomic E-state index is 0.0628. The van der Waals surface area contributed by atoms with Crippen molar-refractivity contribution in [1.29, 1.82) is 0 Å². The summed E-state index contributed by atoms with van der Waals surface area (Å²) < 4.78 is 1.73. The van der Waals surface area contributed by atoms with Gasteiger partial charge in [0.05, 0.1) is 0 Å². The summed E-state index contributed by atoms with van der Waals surface area (Å²) >= 11 is 0. The lowest BCUT2D eigenvalue weighted by Gasteiger charge is -2.14. The fraction of sp³-hybridized carbons (Fsp3) is 0.118. The van der Waals surface area contributed by atoms with Gasteiger partial charge in [-0.2, -0.15) is 0 Å². The molecule has 0 spiro atoms. The number of aromatic nitrogens is 1. The lowest BCUT2D eigenvalue weighted by atomic mass is 9.97. The average Bonchev–Trinajstić information content (AvgIpc) is 2.46. The van der Waals surface area contributed by atoms with Crippen LogP contribution < -0.4 is 5.56 Å². The molecule has 0 amide bonds. The lowest BCUT2D eigenvalue weighted by molar-refractivity contribution is 0.833. The van der Waals surface area contributed by atoms with Crippen LogP contribution in [0.2, 0.25) is 0 Å². The van der Waals surface area contributed by atoms with E-state index in [1.807, 2.05) is 56.4 Å². The average molecular weight is 249 g/mol. The van der Waals surface area contributed by atoms with E-state index in [1.165, 1.54) is 0 Å². The number of hydrogen-bond donors (Lipinski definition) is 0. The van der Waals surface area contributed by atoms with Gasteiger partial charge in [0.1, 0.15) is 0 Å². The highest BCUT2D eigenvalue weighted by atomic mass is 16.1. The van der Waals surface area contributed by atoms with Crippen molar-refractivity contribution in [2.75, 3.05) is 0 Å². The highest BCUT2D eigenvalue weighted by Gasteiger charge is 2.12. The summed E-state index contributed by atoms with van der Waals surface area (Å²) in [7, 11) is 1.83. The van der Waals surface area contributed by atoms with Gasteiger partial charge in [-0.1, -0.05) is 48.5 Å². The van der Waals surface area contributed by atoms with E-state index in [-0.39, 0.29) is 5.56 Å². The molecule has 0 bridgehead atoms. The van der Waals surface area contributed by atoms with Crippen molar-refractivity contribution in [2.45, 2.75) is 6.92 Å². The number of fused-ring (bicyclic) bond motifs is 1. The number of rotatable bonds is 1. The molecule has 0 N–H and O–H groups in total. The third-order valence-corrected chi connectivity index (χ3v) is 3.66. The van der Waals surface area contributed by atoms with Crippen LogP contribution in [0, 0.1) is 6.92 Å². The molecule has 0 fully saturated rings. The summed E-state index contributed by atoms with van der Waals surface area (Å²) in [6.45, 7) is 2.00. The normalized spacial score (nSPS) is 10.8. The molecule has 0 saturated carbocycles. The van der Waals surface area contributed by atoms with E-state index in [0.717, 1.165) is 27.6 Å². The maximum absolute atomic E-state index is 12.3. The van der Waals surface area contributed by atoms with E-state index in [9.17, 15) is 4.79 Å². The van der Waals surface area contributed by atoms with E-state index in [2.05, 4.69) is 12.1 Å². The first kappa shape index (κ1) is 11.7. The van der Waals surface area contributed by atoms with Crippen LogP contribution >= 0.6 is 0 Å². The Labute approximate surface area is 111 Å². The SMILES string of the molecule is Cc1c(-c2ccccc2)c2ccccc2c(=O)n1C. The van der Waals surface area contributed by atoms with Crippen molar-refractivity contribution in [3.63, 3.8) is 0 Å². The van der Waals surface area contributed by atoms with Crippen molar-refractivity contribution >= 4 is 10.8 Å². The van der Waals surface area contributed by atoms with Crippen LogP contribution in [0.15, 0.2) is 59.4 Å². The summed E-state index contributed by atoms with van der Waals surface area (Å²) in [6, 6.07) is 18.0. The van der Waals surface area contributed by atoms with E-state index in [0.29, 0.717) is 0 Å². The summed E-state index contributed by atoms with van der Waals surface area (Å²) in [5.41, 5.74) is 3.34. The highest BCUT2D eigenvalue weighted by molar-refractivity contribution is 5.97. The molecule has 1 heterocycles. The van der Waals surface area contributed by atoms with Crippen LogP contribution in [0.4, 0.5) is 0 Å². The van der Waals surface area contributed by atoms with Gasteiger partial charge in [0.25, 0.3) is 5.56 Å². The van der Waals surface area contributed by atoms with Crippen molar-refractivity contribution in [1.82, 2.24) is 4.57 Å². The fourth-order valence-corrected chi connectivity index (χ4v) is 2.55. The number of pyridine rings is 1. The molecule has 0 aliphatic carbocycles. The molecule has 0 radical (unpaired) electrons. The lowest BCUT2D eigenvalue weighted by Crippen LogP contribution is -2.20. The van der Waals surface area contributed by atoms with E-state index < -0.39 is 0 Å². The maximum atomic E-state index is 12.3. The van der Waals surface area contributed by atoms with Crippen LogP contribution in [-0.4, -0.2) is 4.57 Å². The van der Waals surface area contributed by atoms with Gasteiger partial charge < -0.3 is 4.57 Å². The number of benzene rings is 2. The molecule has 0 aliphatic heterocycles. The third-order valence-electron chi connectivity index (χ3n) is 3.66. The van der Waals surface area contributed by atoms with E-state index in [4.69, 9.17) is 0 Å². The van der Waals surface area contributed by atoms with Gasteiger partial charge in [0, 0.05) is 23.7 Å². The van der Waals surface area contributed by atoms with Crippen molar-refractivity contribution in [3.05, 3.63) is 70.6 Å². The molecule has 19 heavy (non-hydrogen) atoms. The van der Waals surface area contributed by atoms with Crippen LogP contribution in [0.25, 0.3) is 21.9 Å². The Morgan fingerprint density at radius 3 is 2.11 bits per heavy atom. The summed E-state index contributed by atoms with van der Waals surface area (Å²) in [5, 5.41) is 1.80. The topological polar surface area (TPSA) is 22.0 Å². The zero-order valence-corrected chi connectivity index (χ0v) is 11.1. The zero-order valence-electron chi connectivity index (χ0n) is 11.1. The number of nitrogens with zero attached hydrogens (tertiary/aromatic N) is 1.